The van der Waals surface area contributed by atoms with Crippen LogP contribution in [-0.2, 0) is 0 Å². The lowest BCUT2D eigenvalue weighted by molar-refractivity contribution is 0.904. The number of H-pyrrole nitrogens is 1. The number of aromatic amines is 1. The summed E-state index contributed by atoms with van der Waals surface area (Å²) in [5.41, 5.74) is 4.01. The SMILES string of the molecule is O=c1cc(-c2ccccc2)nc2cc(-c3ccccc3)[nH]n12. The fourth-order valence-electron chi connectivity index (χ4n) is 2.51. The highest BCUT2D eigenvalue weighted by Gasteiger charge is 2.08. The summed E-state index contributed by atoms with van der Waals surface area (Å²) >= 11 is 0. The van der Waals surface area contributed by atoms with Crippen molar-refractivity contribution in [2.24, 2.45) is 0 Å². The Balaban J connectivity index is 1.91. The Morgan fingerprint density at radius 3 is 2.14 bits per heavy atom. The maximum Gasteiger partial charge on any atom is 0.273 e. The number of fused-ring (bicyclic) bond motifs is 1. The predicted molar refractivity (Wildman–Crippen MR) is 86.7 cm³/mol. The van der Waals surface area contributed by atoms with Gasteiger partial charge in [-0.15, -0.1) is 0 Å². The van der Waals surface area contributed by atoms with E-state index in [1.165, 1.54) is 4.52 Å². The van der Waals surface area contributed by atoms with Crippen molar-refractivity contribution in [3.63, 3.8) is 0 Å². The first kappa shape index (κ1) is 12.6. The van der Waals surface area contributed by atoms with Crippen molar-refractivity contribution in [1.82, 2.24) is 14.6 Å². The summed E-state index contributed by atoms with van der Waals surface area (Å²) in [6, 6.07) is 23.0. The third-order valence-electron chi connectivity index (χ3n) is 3.60. The zero-order chi connectivity index (χ0) is 14.9. The van der Waals surface area contributed by atoms with E-state index in [-0.39, 0.29) is 5.56 Å². The molecule has 0 bridgehead atoms. The lowest BCUT2D eigenvalue weighted by Gasteiger charge is -2.00. The van der Waals surface area contributed by atoms with Crippen LogP contribution in [-0.4, -0.2) is 14.6 Å². The van der Waals surface area contributed by atoms with Gasteiger partial charge in [0, 0.05) is 17.7 Å². The van der Waals surface area contributed by atoms with Gasteiger partial charge in [-0.05, 0) is 5.56 Å². The summed E-state index contributed by atoms with van der Waals surface area (Å²) in [5, 5.41) is 3.10. The molecule has 0 fully saturated rings. The normalized spacial score (nSPS) is 10.9. The Morgan fingerprint density at radius 1 is 0.818 bits per heavy atom. The smallest absolute Gasteiger partial charge is 0.273 e. The van der Waals surface area contributed by atoms with E-state index in [0.29, 0.717) is 11.3 Å². The average molecular weight is 287 g/mol. The van der Waals surface area contributed by atoms with Crippen molar-refractivity contribution in [3.05, 3.63) is 83.2 Å². The number of nitrogens with zero attached hydrogens (tertiary/aromatic N) is 2. The second kappa shape index (κ2) is 5.00. The number of hydrogen-bond acceptors (Lipinski definition) is 2. The molecule has 0 amide bonds. The number of aromatic nitrogens is 3. The lowest BCUT2D eigenvalue weighted by atomic mass is 10.1. The molecule has 1 N–H and O–H groups in total. The molecule has 2 aromatic carbocycles. The summed E-state index contributed by atoms with van der Waals surface area (Å²) in [7, 11) is 0. The standard InChI is InChI=1S/C18H13N3O/c22-18-12-15(13-7-3-1-4-8-13)19-17-11-16(20-21(17)18)14-9-5-2-6-10-14/h1-12,20H. The van der Waals surface area contributed by atoms with Crippen LogP contribution in [0.4, 0.5) is 0 Å². The van der Waals surface area contributed by atoms with Crippen LogP contribution in [0.1, 0.15) is 0 Å². The number of hydrogen-bond donors (Lipinski definition) is 1. The van der Waals surface area contributed by atoms with Gasteiger partial charge in [-0.1, -0.05) is 60.7 Å². The molecule has 0 aliphatic heterocycles. The predicted octanol–water partition coefficient (Wildman–Crippen LogP) is 3.36. The van der Waals surface area contributed by atoms with Gasteiger partial charge in [0.15, 0.2) is 5.65 Å². The Kier molecular flexibility index (Phi) is 2.86. The Bertz CT molecular complexity index is 985. The van der Waals surface area contributed by atoms with Gasteiger partial charge in [0.1, 0.15) is 0 Å². The quantitative estimate of drug-likeness (QED) is 0.614. The van der Waals surface area contributed by atoms with E-state index in [4.69, 9.17) is 0 Å². The fourth-order valence-corrected chi connectivity index (χ4v) is 2.51. The zero-order valence-electron chi connectivity index (χ0n) is 11.7. The van der Waals surface area contributed by atoms with Gasteiger partial charge in [0.05, 0.1) is 11.4 Å². The maximum absolute atomic E-state index is 12.3. The Labute approximate surface area is 126 Å². The highest BCUT2D eigenvalue weighted by atomic mass is 16.1. The van der Waals surface area contributed by atoms with Crippen molar-refractivity contribution in [3.8, 4) is 22.5 Å². The highest BCUT2D eigenvalue weighted by molar-refractivity contribution is 5.66. The molecule has 0 radical (unpaired) electrons. The molecule has 4 heteroatoms. The van der Waals surface area contributed by atoms with Crippen LogP contribution in [0.2, 0.25) is 0 Å². The van der Waals surface area contributed by atoms with E-state index < -0.39 is 0 Å². The molecule has 0 unspecified atom stereocenters. The Morgan fingerprint density at radius 2 is 1.45 bits per heavy atom. The zero-order valence-corrected chi connectivity index (χ0v) is 11.7. The minimum Gasteiger partial charge on any atom is -0.289 e. The van der Waals surface area contributed by atoms with Crippen molar-refractivity contribution >= 4 is 5.65 Å². The summed E-state index contributed by atoms with van der Waals surface area (Å²) in [6.07, 6.45) is 0. The van der Waals surface area contributed by atoms with E-state index in [0.717, 1.165) is 16.8 Å². The molecule has 0 aliphatic rings. The van der Waals surface area contributed by atoms with Gasteiger partial charge in [-0.2, -0.15) is 0 Å². The van der Waals surface area contributed by atoms with E-state index in [2.05, 4.69) is 10.1 Å². The van der Waals surface area contributed by atoms with E-state index in [1.54, 1.807) is 6.07 Å². The van der Waals surface area contributed by atoms with Crippen LogP contribution in [0.25, 0.3) is 28.2 Å². The molecule has 0 spiro atoms. The van der Waals surface area contributed by atoms with E-state index in [9.17, 15) is 4.79 Å². The molecule has 0 saturated heterocycles. The molecule has 106 valence electrons. The summed E-state index contributed by atoms with van der Waals surface area (Å²) < 4.78 is 1.47. The topological polar surface area (TPSA) is 50.2 Å². The van der Waals surface area contributed by atoms with Gasteiger partial charge in [0.2, 0.25) is 0 Å². The summed E-state index contributed by atoms with van der Waals surface area (Å²) in [4.78, 5) is 16.9. The maximum atomic E-state index is 12.3. The van der Waals surface area contributed by atoms with Gasteiger partial charge >= 0.3 is 0 Å². The molecule has 0 saturated carbocycles. The van der Waals surface area contributed by atoms with Crippen LogP contribution in [0.5, 0.6) is 0 Å². The molecular weight excluding hydrogens is 274 g/mol. The molecule has 4 nitrogen and oxygen atoms in total. The Hall–Kier alpha value is -3.14. The highest BCUT2D eigenvalue weighted by Crippen LogP contribution is 2.20. The first-order valence-corrected chi connectivity index (χ1v) is 7.05. The van der Waals surface area contributed by atoms with E-state index in [1.807, 2.05) is 66.7 Å². The number of benzene rings is 2. The van der Waals surface area contributed by atoms with Crippen molar-refractivity contribution < 1.29 is 0 Å². The minimum absolute atomic E-state index is 0.119. The molecule has 2 heterocycles. The molecular formula is C18H13N3O. The minimum atomic E-state index is -0.119. The van der Waals surface area contributed by atoms with Crippen molar-refractivity contribution in [2.75, 3.05) is 0 Å². The van der Waals surface area contributed by atoms with Crippen LogP contribution < -0.4 is 5.56 Å². The van der Waals surface area contributed by atoms with Crippen molar-refractivity contribution in [2.45, 2.75) is 0 Å². The molecule has 4 aromatic rings. The summed E-state index contributed by atoms with van der Waals surface area (Å²) in [6.45, 7) is 0. The first-order valence-electron chi connectivity index (χ1n) is 7.05. The second-order valence-electron chi connectivity index (χ2n) is 5.08. The number of nitrogens with one attached hydrogen (secondary N) is 1. The lowest BCUT2D eigenvalue weighted by Crippen LogP contribution is -2.14. The molecule has 4 rings (SSSR count). The van der Waals surface area contributed by atoms with Crippen LogP contribution in [0, 0.1) is 0 Å². The van der Waals surface area contributed by atoms with Crippen LogP contribution >= 0.6 is 0 Å². The summed E-state index contributed by atoms with van der Waals surface area (Å²) in [5.74, 6) is 0. The molecule has 22 heavy (non-hydrogen) atoms. The average Bonchev–Trinajstić information content (AvgIpc) is 3.01. The van der Waals surface area contributed by atoms with Crippen LogP contribution in [0.15, 0.2) is 77.6 Å². The first-order chi connectivity index (χ1) is 10.8. The second-order valence-corrected chi connectivity index (χ2v) is 5.08. The monoisotopic (exact) mass is 287 g/mol. The van der Waals surface area contributed by atoms with Gasteiger partial charge in [-0.25, -0.2) is 9.50 Å². The third kappa shape index (κ3) is 2.11. The van der Waals surface area contributed by atoms with E-state index >= 15 is 0 Å². The van der Waals surface area contributed by atoms with Crippen LogP contribution in [0.3, 0.4) is 0 Å². The molecule has 0 aliphatic carbocycles. The third-order valence-corrected chi connectivity index (χ3v) is 3.60. The molecule has 0 atom stereocenters. The van der Waals surface area contributed by atoms with Gasteiger partial charge < -0.3 is 0 Å². The molecule has 2 aromatic heterocycles. The van der Waals surface area contributed by atoms with Gasteiger partial charge in [0.25, 0.3) is 5.56 Å². The fraction of sp³-hybridized carbons (Fsp3) is 0. The number of rotatable bonds is 2. The largest absolute Gasteiger partial charge is 0.289 e. The van der Waals surface area contributed by atoms with Crippen molar-refractivity contribution in [1.29, 1.82) is 0 Å². The van der Waals surface area contributed by atoms with Gasteiger partial charge in [-0.3, -0.25) is 9.89 Å².